The van der Waals surface area contributed by atoms with Crippen LogP contribution in [0, 0.1) is 13.8 Å². The number of para-hydroxylation sites is 1. The molecule has 1 aliphatic heterocycles. The first kappa shape index (κ1) is 24.0. The third kappa shape index (κ3) is 6.90. The first-order chi connectivity index (χ1) is 15.5. The number of hydrogen-bond donors (Lipinski definition) is 1. The van der Waals surface area contributed by atoms with Gasteiger partial charge in [0, 0.05) is 38.4 Å². The van der Waals surface area contributed by atoms with Crippen molar-refractivity contribution in [3.8, 4) is 0 Å². The second-order valence-electron chi connectivity index (χ2n) is 8.67. The van der Waals surface area contributed by atoms with Crippen LogP contribution in [0.4, 0.5) is 5.69 Å². The van der Waals surface area contributed by atoms with E-state index in [0.29, 0.717) is 26.2 Å². The molecule has 172 valence electrons. The van der Waals surface area contributed by atoms with Crippen LogP contribution in [0.25, 0.3) is 0 Å². The number of nitrogens with zero attached hydrogens (tertiary/aromatic N) is 3. The molecule has 0 aromatic heterocycles. The summed E-state index contributed by atoms with van der Waals surface area (Å²) < 4.78 is 0. The highest BCUT2D eigenvalue weighted by atomic mass is 16.2. The molecule has 2 aromatic rings. The third-order valence-electron chi connectivity index (χ3n) is 5.99. The van der Waals surface area contributed by atoms with Crippen LogP contribution in [-0.2, 0) is 16.1 Å². The summed E-state index contributed by atoms with van der Waals surface area (Å²) in [5.41, 5.74) is 4.27. The molecule has 1 N–H and O–H groups in total. The van der Waals surface area contributed by atoms with Crippen molar-refractivity contribution in [2.75, 3.05) is 51.1 Å². The summed E-state index contributed by atoms with van der Waals surface area (Å²) in [6.45, 7) is 11.4. The number of amides is 2. The molecule has 0 saturated carbocycles. The number of benzene rings is 2. The van der Waals surface area contributed by atoms with Crippen LogP contribution in [0.2, 0.25) is 0 Å². The summed E-state index contributed by atoms with van der Waals surface area (Å²) in [5.74, 6) is 0.174. The normalized spacial score (nSPS) is 14.6. The Labute approximate surface area is 192 Å². The van der Waals surface area contributed by atoms with Crippen molar-refractivity contribution in [1.82, 2.24) is 14.7 Å². The Balaban J connectivity index is 1.45. The lowest BCUT2D eigenvalue weighted by Gasteiger charge is -2.35. The molecule has 1 heterocycles. The quantitative estimate of drug-likeness (QED) is 0.655. The minimum atomic E-state index is -0.000779. The van der Waals surface area contributed by atoms with E-state index in [9.17, 15) is 9.59 Å². The predicted octanol–water partition coefficient (Wildman–Crippen LogP) is 3.30. The minimum Gasteiger partial charge on any atom is -0.339 e. The Morgan fingerprint density at radius 3 is 2.22 bits per heavy atom. The molecule has 2 aromatic carbocycles. The number of aryl methyl sites for hydroxylation is 2. The molecule has 0 aliphatic carbocycles. The van der Waals surface area contributed by atoms with Gasteiger partial charge >= 0.3 is 0 Å². The fraction of sp³-hybridized carbons (Fsp3) is 0.462. The molecule has 0 unspecified atom stereocenters. The van der Waals surface area contributed by atoms with Crippen LogP contribution in [0.15, 0.2) is 48.5 Å². The van der Waals surface area contributed by atoms with Gasteiger partial charge in [-0.3, -0.25) is 19.4 Å². The van der Waals surface area contributed by atoms with Gasteiger partial charge in [-0.25, -0.2) is 0 Å². The van der Waals surface area contributed by atoms with Crippen molar-refractivity contribution in [2.45, 2.75) is 33.7 Å². The fourth-order valence-electron chi connectivity index (χ4n) is 4.21. The molecule has 6 nitrogen and oxygen atoms in total. The SMILES string of the molecule is CCCN(CC(=O)N1CCN(CC(=O)Nc2c(C)cccc2C)CC1)Cc1ccccc1. The van der Waals surface area contributed by atoms with Crippen LogP contribution in [0.3, 0.4) is 0 Å². The molecule has 0 bridgehead atoms. The van der Waals surface area contributed by atoms with E-state index in [1.807, 2.05) is 55.1 Å². The molecule has 0 atom stereocenters. The molecule has 3 rings (SSSR count). The second kappa shape index (κ2) is 11.8. The van der Waals surface area contributed by atoms with Gasteiger partial charge < -0.3 is 10.2 Å². The topological polar surface area (TPSA) is 55.9 Å². The van der Waals surface area contributed by atoms with Gasteiger partial charge in [0.2, 0.25) is 11.8 Å². The van der Waals surface area contributed by atoms with Gasteiger partial charge in [0.15, 0.2) is 0 Å². The van der Waals surface area contributed by atoms with E-state index in [1.54, 1.807) is 0 Å². The van der Waals surface area contributed by atoms with Crippen LogP contribution in [0.1, 0.15) is 30.0 Å². The molecule has 1 saturated heterocycles. The summed E-state index contributed by atoms with van der Waals surface area (Å²) in [4.78, 5) is 31.7. The van der Waals surface area contributed by atoms with E-state index >= 15 is 0 Å². The number of rotatable bonds is 9. The second-order valence-corrected chi connectivity index (χ2v) is 8.67. The van der Waals surface area contributed by atoms with Gasteiger partial charge in [0.25, 0.3) is 0 Å². The molecular formula is C26H36N4O2. The Kier molecular flexibility index (Phi) is 8.82. The number of piperazine rings is 1. The number of carbonyl (C=O) groups excluding carboxylic acids is 2. The van der Waals surface area contributed by atoms with E-state index in [0.717, 1.165) is 49.4 Å². The fourth-order valence-corrected chi connectivity index (χ4v) is 4.21. The van der Waals surface area contributed by atoms with E-state index in [-0.39, 0.29) is 11.8 Å². The molecule has 0 spiro atoms. The van der Waals surface area contributed by atoms with Gasteiger partial charge in [-0.05, 0) is 43.5 Å². The maximum absolute atomic E-state index is 12.9. The number of hydrogen-bond acceptors (Lipinski definition) is 4. The summed E-state index contributed by atoms with van der Waals surface area (Å²) in [5, 5.41) is 3.06. The van der Waals surface area contributed by atoms with Crippen molar-refractivity contribution in [3.63, 3.8) is 0 Å². The van der Waals surface area contributed by atoms with Crippen LogP contribution in [-0.4, -0.2) is 72.3 Å². The molecule has 0 radical (unpaired) electrons. The average molecular weight is 437 g/mol. The van der Waals surface area contributed by atoms with Crippen molar-refractivity contribution < 1.29 is 9.59 Å². The van der Waals surface area contributed by atoms with Gasteiger partial charge in [0.05, 0.1) is 13.1 Å². The summed E-state index contributed by atoms with van der Waals surface area (Å²) in [6, 6.07) is 16.3. The van der Waals surface area contributed by atoms with E-state index in [2.05, 4.69) is 34.2 Å². The molecule has 6 heteroatoms. The zero-order valence-corrected chi connectivity index (χ0v) is 19.6. The Morgan fingerprint density at radius 2 is 1.59 bits per heavy atom. The van der Waals surface area contributed by atoms with E-state index in [4.69, 9.17) is 0 Å². The third-order valence-corrected chi connectivity index (χ3v) is 5.99. The van der Waals surface area contributed by atoms with Crippen LogP contribution in [0.5, 0.6) is 0 Å². The zero-order chi connectivity index (χ0) is 22.9. The molecule has 2 amide bonds. The van der Waals surface area contributed by atoms with Gasteiger partial charge in [-0.2, -0.15) is 0 Å². The molecular weight excluding hydrogens is 400 g/mol. The zero-order valence-electron chi connectivity index (χ0n) is 19.6. The van der Waals surface area contributed by atoms with Gasteiger partial charge in [-0.15, -0.1) is 0 Å². The Morgan fingerprint density at radius 1 is 0.938 bits per heavy atom. The smallest absolute Gasteiger partial charge is 0.238 e. The lowest BCUT2D eigenvalue weighted by Crippen LogP contribution is -2.52. The van der Waals surface area contributed by atoms with Gasteiger partial charge in [-0.1, -0.05) is 55.5 Å². The van der Waals surface area contributed by atoms with Crippen LogP contribution >= 0.6 is 0 Å². The summed E-state index contributed by atoms with van der Waals surface area (Å²) >= 11 is 0. The lowest BCUT2D eigenvalue weighted by atomic mass is 10.1. The monoisotopic (exact) mass is 436 g/mol. The summed E-state index contributed by atoms with van der Waals surface area (Å²) in [7, 11) is 0. The Bertz CT molecular complexity index is 872. The number of nitrogens with one attached hydrogen (secondary N) is 1. The van der Waals surface area contributed by atoms with Crippen molar-refractivity contribution >= 4 is 17.5 Å². The summed E-state index contributed by atoms with van der Waals surface area (Å²) in [6.07, 6.45) is 1.02. The number of anilines is 1. The lowest BCUT2D eigenvalue weighted by molar-refractivity contribution is -0.134. The average Bonchev–Trinajstić information content (AvgIpc) is 2.78. The minimum absolute atomic E-state index is 0.000779. The highest BCUT2D eigenvalue weighted by molar-refractivity contribution is 5.93. The molecule has 32 heavy (non-hydrogen) atoms. The first-order valence-electron chi connectivity index (χ1n) is 11.6. The first-order valence-corrected chi connectivity index (χ1v) is 11.6. The predicted molar refractivity (Wildman–Crippen MR) is 130 cm³/mol. The standard InChI is InChI=1S/C26H36N4O2/c1-4-13-29(18-23-11-6-5-7-12-23)20-25(32)30-16-14-28(15-17-30)19-24(31)27-26-21(2)9-8-10-22(26)3/h5-12H,4,13-20H2,1-3H3,(H,27,31). The number of carbonyl (C=O) groups is 2. The maximum atomic E-state index is 12.9. The van der Waals surface area contributed by atoms with Gasteiger partial charge in [0.1, 0.15) is 0 Å². The molecule has 1 aliphatic rings. The highest BCUT2D eigenvalue weighted by Gasteiger charge is 2.24. The van der Waals surface area contributed by atoms with Crippen LogP contribution < -0.4 is 5.32 Å². The molecule has 1 fully saturated rings. The van der Waals surface area contributed by atoms with Crippen molar-refractivity contribution in [3.05, 3.63) is 65.2 Å². The highest BCUT2D eigenvalue weighted by Crippen LogP contribution is 2.19. The van der Waals surface area contributed by atoms with E-state index in [1.165, 1.54) is 5.56 Å². The Hall–Kier alpha value is -2.70. The van der Waals surface area contributed by atoms with Crippen molar-refractivity contribution in [1.29, 1.82) is 0 Å². The van der Waals surface area contributed by atoms with E-state index < -0.39 is 0 Å². The van der Waals surface area contributed by atoms with Crippen molar-refractivity contribution in [2.24, 2.45) is 0 Å². The largest absolute Gasteiger partial charge is 0.339 e. The maximum Gasteiger partial charge on any atom is 0.238 e.